The largest absolute Gasteiger partial charge is 0.459 e. The minimum Gasteiger partial charge on any atom is -0.459 e. The van der Waals surface area contributed by atoms with Crippen LogP contribution in [0, 0.1) is 0 Å². The van der Waals surface area contributed by atoms with Crippen molar-refractivity contribution in [3.8, 4) is 0 Å². The van der Waals surface area contributed by atoms with E-state index >= 15 is 0 Å². The summed E-state index contributed by atoms with van der Waals surface area (Å²) in [7, 11) is -1.56. The zero-order valence-corrected chi connectivity index (χ0v) is 20.4. The van der Waals surface area contributed by atoms with E-state index in [1.54, 1.807) is 40.1 Å². The summed E-state index contributed by atoms with van der Waals surface area (Å²) in [6, 6.07) is 3.36. The zero-order valence-electron chi connectivity index (χ0n) is 16.4. The summed E-state index contributed by atoms with van der Waals surface area (Å²) < 4.78 is 31.6. The second-order valence-corrected chi connectivity index (χ2v) is 9.87. The number of thioether (sulfide) groups is 1. The SMILES string of the molecule is CN=C(NCCS(=O)(=O)N1CCSCC1)N1CCN(C(=O)c2ccco2)CC1.I. The topological polar surface area (TPSA) is 98.5 Å². The van der Waals surface area contributed by atoms with Crippen molar-refractivity contribution in [2.45, 2.75) is 0 Å². The normalized spacial score (nSPS) is 19.0. The molecule has 3 rings (SSSR count). The number of carbonyl (C=O) groups is 1. The molecule has 0 saturated carbocycles. The maximum absolute atomic E-state index is 12.4. The van der Waals surface area contributed by atoms with Gasteiger partial charge in [0.05, 0.1) is 12.0 Å². The van der Waals surface area contributed by atoms with Crippen molar-refractivity contribution in [3.63, 3.8) is 0 Å². The smallest absolute Gasteiger partial charge is 0.289 e. The first kappa shape index (κ1) is 24.3. The molecule has 1 aromatic rings. The molecule has 0 spiro atoms. The molecule has 0 bridgehead atoms. The zero-order chi connectivity index (χ0) is 20.0. The fourth-order valence-electron chi connectivity index (χ4n) is 3.26. The Kier molecular flexibility index (Phi) is 9.56. The van der Waals surface area contributed by atoms with E-state index in [1.165, 1.54) is 6.26 Å². The molecule has 2 aliphatic rings. The van der Waals surface area contributed by atoms with Crippen molar-refractivity contribution >= 4 is 57.6 Å². The molecule has 29 heavy (non-hydrogen) atoms. The van der Waals surface area contributed by atoms with E-state index < -0.39 is 10.0 Å². The average Bonchev–Trinajstić information content (AvgIpc) is 3.26. The third kappa shape index (κ3) is 6.49. The summed E-state index contributed by atoms with van der Waals surface area (Å²) in [6.45, 7) is 3.86. The standard InChI is InChI=1S/C17H27N5O4S2.HI/c1-18-17(19-4-14-28(24,25)22-9-12-27-13-10-22)21-7-5-20(6-8-21)16(23)15-3-2-11-26-15;/h2-3,11H,4-10,12-14H2,1H3,(H,18,19);1H. The highest BCUT2D eigenvalue weighted by Gasteiger charge is 2.26. The van der Waals surface area contributed by atoms with Crippen LogP contribution in [0.2, 0.25) is 0 Å². The van der Waals surface area contributed by atoms with Crippen LogP contribution in [0.3, 0.4) is 0 Å². The van der Waals surface area contributed by atoms with Crippen molar-refractivity contribution in [2.24, 2.45) is 4.99 Å². The molecule has 164 valence electrons. The van der Waals surface area contributed by atoms with Gasteiger partial charge in [-0.2, -0.15) is 11.8 Å². The molecular formula is C17H28IN5O4S2. The first-order chi connectivity index (χ1) is 13.5. The number of nitrogens with zero attached hydrogens (tertiary/aromatic N) is 4. The summed E-state index contributed by atoms with van der Waals surface area (Å²) >= 11 is 1.79. The first-order valence-electron chi connectivity index (χ1n) is 9.35. The Labute approximate surface area is 193 Å². The number of aliphatic imine (C=N–C) groups is 1. The Morgan fingerprint density at radius 3 is 2.41 bits per heavy atom. The number of rotatable bonds is 5. The van der Waals surface area contributed by atoms with Crippen LogP contribution in [0.1, 0.15) is 10.6 Å². The van der Waals surface area contributed by atoms with Gasteiger partial charge in [0.25, 0.3) is 5.91 Å². The van der Waals surface area contributed by atoms with Gasteiger partial charge in [0.15, 0.2) is 11.7 Å². The molecular weight excluding hydrogens is 529 g/mol. The summed E-state index contributed by atoms with van der Waals surface area (Å²) in [4.78, 5) is 20.4. The Bertz CT molecular complexity index is 774. The molecule has 0 aliphatic carbocycles. The van der Waals surface area contributed by atoms with E-state index in [2.05, 4.69) is 10.3 Å². The van der Waals surface area contributed by atoms with Gasteiger partial charge < -0.3 is 19.5 Å². The van der Waals surface area contributed by atoms with Gasteiger partial charge in [0.2, 0.25) is 10.0 Å². The molecule has 0 atom stereocenters. The molecule has 3 heterocycles. The predicted octanol–water partition coefficient (Wildman–Crippen LogP) is 0.609. The maximum atomic E-state index is 12.4. The Morgan fingerprint density at radius 1 is 1.17 bits per heavy atom. The quantitative estimate of drug-likeness (QED) is 0.322. The fraction of sp³-hybridized carbons (Fsp3) is 0.647. The second kappa shape index (κ2) is 11.4. The molecule has 0 radical (unpaired) electrons. The minimum atomic E-state index is -3.24. The summed E-state index contributed by atoms with van der Waals surface area (Å²) in [6.07, 6.45) is 1.49. The molecule has 12 heteroatoms. The third-order valence-corrected chi connectivity index (χ3v) is 7.63. The highest BCUT2D eigenvalue weighted by molar-refractivity contribution is 14.0. The fourth-order valence-corrected chi connectivity index (χ4v) is 5.75. The van der Waals surface area contributed by atoms with Gasteiger partial charge in [-0.25, -0.2) is 12.7 Å². The molecule has 9 nitrogen and oxygen atoms in total. The van der Waals surface area contributed by atoms with E-state index in [4.69, 9.17) is 4.42 Å². The molecule has 1 aromatic heterocycles. The van der Waals surface area contributed by atoms with Crippen LogP contribution in [0.15, 0.2) is 27.8 Å². The number of hydrogen-bond donors (Lipinski definition) is 1. The lowest BCUT2D eigenvalue weighted by Gasteiger charge is -2.36. The number of carbonyl (C=O) groups excluding carboxylic acids is 1. The van der Waals surface area contributed by atoms with Crippen LogP contribution in [-0.2, 0) is 10.0 Å². The number of piperazine rings is 1. The van der Waals surface area contributed by atoms with Crippen molar-refractivity contribution in [1.82, 2.24) is 19.4 Å². The van der Waals surface area contributed by atoms with Gasteiger partial charge in [-0.3, -0.25) is 9.79 Å². The van der Waals surface area contributed by atoms with Crippen LogP contribution < -0.4 is 5.32 Å². The van der Waals surface area contributed by atoms with Crippen LogP contribution >= 0.6 is 35.7 Å². The van der Waals surface area contributed by atoms with E-state index in [9.17, 15) is 13.2 Å². The van der Waals surface area contributed by atoms with Gasteiger partial charge >= 0.3 is 0 Å². The first-order valence-corrected chi connectivity index (χ1v) is 12.1. The number of guanidine groups is 1. The number of hydrogen-bond acceptors (Lipinski definition) is 6. The second-order valence-electron chi connectivity index (χ2n) is 6.56. The lowest BCUT2D eigenvalue weighted by molar-refractivity contribution is 0.0658. The Hall–Kier alpha value is -0.990. The van der Waals surface area contributed by atoms with Crippen molar-refractivity contribution in [2.75, 3.05) is 70.1 Å². The number of furan rings is 1. The summed E-state index contributed by atoms with van der Waals surface area (Å²) in [5.41, 5.74) is 0. The van der Waals surface area contributed by atoms with Crippen LogP contribution in [0.5, 0.6) is 0 Å². The van der Waals surface area contributed by atoms with Crippen molar-refractivity contribution < 1.29 is 17.6 Å². The molecule has 1 N–H and O–H groups in total. The van der Waals surface area contributed by atoms with E-state index in [0.717, 1.165) is 11.5 Å². The summed E-state index contributed by atoms with van der Waals surface area (Å²) in [5.74, 6) is 2.66. The van der Waals surface area contributed by atoms with E-state index in [0.29, 0.717) is 57.5 Å². The van der Waals surface area contributed by atoms with Gasteiger partial charge in [0.1, 0.15) is 0 Å². The highest BCUT2D eigenvalue weighted by atomic mass is 127. The van der Waals surface area contributed by atoms with Crippen molar-refractivity contribution in [1.29, 1.82) is 0 Å². The number of nitrogens with one attached hydrogen (secondary N) is 1. The lowest BCUT2D eigenvalue weighted by atomic mass is 10.3. The van der Waals surface area contributed by atoms with Crippen molar-refractivity contribution in [3.05, 3.63) is 24.2 Å². The number of halogens is 1. The lowest BCUT2D eigenvalue weighted by Crippen LogP contribution is -2.54. The monoisotopic (exact) mass is 557 g/mol. The minimum absolute atomic E-state index is 0. The van der Waals surface area contributed by atoms with E-state index in [-0.39, 0.29) is 35.6 Å². The molecule has 2 fully saturated rings. The third-order valence-electron chi connectivity index (χ3n) is 4.82. The molecule has 0 aromatic carbocycles. The molecule has 2 saturated heterocycles. The van der Waals surface area contributed by atoms with Gasteiger partial charge in [-0.1, -0.05) is 0 Å². The van der Waals surface area contributed by atoms with Crippen LogP contribution in [0.4, 0.5) is 0 Å². The number of amides is 1. The molecule has 2 aliphatic heterocycles. The summed E-state index contributed by atoms with van der Waals surface area (Å²) in [5, 5.41) is 3.15. The van der Waals surface area contributed by atoms with E-state index in [1.807, 2.05) is 4.90 Å². The highest BCUT2D eigenvalue weighted by Crippen LogP contribution is 2.13. The molecule has 0 unspecified atom stereocenters. The Balaban J connectivity index is 0.00000300. The maximum Gasteiger partial charge on any atom is 0.289 e. The van der Waals surface area contributed by atoms with Gasteiger partial charge in [-0.05, 0) is 12.1 Å². The molecule has 1 amide bonds. The number of sulfonamides is 1. The van der Waals surface area contributed by atoms with Gasteiger partial charge in [-0.15, -0.1) is 24.0 Å². The Morgan fingerprint density at radius 2 is 1.83 bits per heavy atom. The predicted molar refractivity (Wildman–Crippen MR) is 126 cm³/mol. The average molecular weight is 557 g/mol. The van der Waals surface area contributed by atoms with Crippen LogP contribution in [-0.4, -0.2) is 105 Å². The van der Waals surface area contributed by atoms with Gasteiger partial charge in [0, 0.05) is 64.4 Å². The van der Waals surface area contributed by atoms with Crippen LogP contribution in [0.25, 0.3) is 0 Å².